The summed E-state index contributed by atoms with van der Waals surface area (Å²) in [6.07, 6.45) is 0.546. The van der Waals surface area contributed by atoms with Crippen molar-refractivity contribution in [2.75, 3.05) is 26.2 Å². The molecule has 0 aromatic heterocycles. The van der Waals surface area contributed by atoms with Gasteiger partial charge in [-0.1, -0.05) is 6.07 Å². The number of nitrogens with zero attached hydrogens (tertiary/aromatic N) is 1. The van der Waals surface area contributed by atoms with Crippen LogP contribution < -0.4 is 10.1 Å². The van der Waals surface area contributed by atoms with Crippen molar-refractivity contribution in [3.05, 3.63) is 29.3 Å². The highest BCUT2D eigenvalue weighted by Gasteiger charge is 2.14. The molecule has 0 unspecified atom stereocenters. The van der Waals surface area contributed by atoms with Gasteiger partial charge in [0.2, 0.25) is 5.91 Å². The normalized spacial score (nSPS) is 16.6. The molecule has 20 heavy (non-hydrogen) atoms. The summed E-state index contributed by atoms with van der Waals surface area (Å²) in [4.78, 5) is 13.6. The Morgan fingerprint density at radius 1 is 1.40 bits per heavy atom. The molecule has 1 aliphatic rings. The Bertz CT molecular complexity index is 462. The van der Waals surface area contributed by atoms with Crippen molar-refractivity contribution in [2.24, 2.45) is 0 Å². The minimum absolute atomic E-state index is 0.0246. The highest BCUT2D eigenvalue weighted by Crippen LogP contribution is 2.21. The average molecular weight is 278 g/mol. The molecule has 0 radical (unpaired) electrons. The zero-order valence-corrected chi connectivity index (χ0v) is 11.9. The van der Waals surface area contributed by atoms with E-state index in [9.17, 15) is 9.90 Å². The maximum Gasteiger partial charge on any atom is 0.221 e. The molecule has 0 bridgehead atoms. The van der Waals surface area contributed by atoms with Crippen LogP contribution in [0.25, 0.3) is 0 Å². The number of hydrogen-bond donors (Lipinski definition) is 2. The van der Waals surface area contributed by atoms with Gasteiger partial charge in [-0.05, 0) is 24.6 Å². The third kappa shape index (κ3) is 3.95. The highest BCUT2D eigenvalue weighted by atomic mass is 16.5. The molecule has 1 saturated heterocycles. The van der Waals surface area contributed by atoms with Gasteiger partial charge in [-0.15, -0.1) is 0 Å². The fourth-order valence-electron chi connectivity index (χ4n) is 2.38. The molecule has 2 rings (SSSR count). The molecule has 0 aliphatic carbocycles. The summed E-state index contributed by atoms with van der Waals surface area (Å²) >= 11 is 0. The van der Waals surface area contributed by atoms with Gasteiger partial charge in [0, 0.05) is 38.2 Å². The predicted molar refractivity (Wildman–Crippen MR) is 76.4 cm³/mol. The maximum atomic E-state index is 11.3. The summed E-state index contributed by atoms with van der Waals surface area (Å²) in [6.45, 7) is 5.60. The number of carbonyl (C=O) groups excluding carboxylic acids is 1. The van der Waals surface area contributed by atoms with Crippen LogP contribution in [0, 0.1) is 0 Å². The Balaban J connectivity index is 2.03. The third-order valence-electron chi connectivity index (χ3n) is 3.41. The first kappa shape index (κ1) is 14.8. The summed E-state index contributed by atoms with van der Waals surface area (Å²) in [6, 6.07) is 5.90. The van der Waals surface area contributed by atoms with Crippen molar-refractivity contribution in [1.29, 1.82) is 0 Å². The number of amides is 1. The van der Waals surface area contributed by atoms with Gasteiger partial charge < -0.3 is 15.2 Å². The number of aliphatic hydroxyl groups is 1. The molecule has 5 heteroatoms. The van der Waals surface area contributed by atoms with Crippen molar-refractivity contribution >= 4 is 5.91 Å². The number of benzene rings is 1. The number of nitrogens with one attached hydrogen (secondary N) is 1. The highest BCUT2D eigenvalue weighted by molar-refractivity contribution is 5.76. The topological polar surface area (TPSA) is 61.8 Å². The summed E-state index contributed by atoms with van der Waals surface area (Å²) in [5.41, 5.74) is 1.94. The Hall–Kier alpha value is -1.59. The minimum atomic E-state index is -0.0246. The number of rotatable bonds is 5. The Morgan fingerprint density at radius 3 is 3.00 bits per heavy atom. The first-order valence-corrected chi connectivity index (χ1v) is 7.07. The van der Waals surface area contributed by atoms with Gasteiger partial charge in [-0.25, -0.2) is 0 Å². The predicted octanol–water partition coefficient (Wildman–Crippen LogP) is 0.899. The lowest BCUT2D eigenvalue weighted by atomic mass is 10.1. The fraction of sp³-hybridized carbons (Fsp3) is 0.533. The lowest BCUT2D eigenvalue weighted by molar-refractivity contribution is -0.120. The first-order chi connectivity index (χ1) is 9.72. The second kappa shape index (κ2) is 7.26. The maximum absolute atomic E-state index is 11.3. The van der Waals surface area contributed by atoms with Crippen LogP contribution in [-0.4, -0.2) is 42.2 Å². The van der Waals surface area contributed by atoms with Gasteiger partial charge in [0.05, 0.1) is 13.2 Å². The van der Waals surface area contributed by atoms with Crippen molar-refractivity contribution in [3.63, 3.8) is 0 Å². The van der Waals surface area contributed by atoms with E-state index in [1.165, 1.54) is 0 Å². The molecule has 1 amide bonds. The smallest absolute Gasteiger partial charge is 0.221 e. The molecule has 1 aromatic rings. The Kier molecular flexibility index (Phi) is 5.38. The zero-order chi connectivity index (χ0) is 14.4. The number of hydrogen-bond acceptors (Lipinski definition) is 4. The summed E-state index contributed by atoms with van der Waals surface area (Å²) in [5, 5.41) is 12.3. The lowest BCUT2D eigenvalue weighted by Crippen LogP contribution is -2.28. The molecular formula is C15H22N2O3. The van der Waals surface area contributed by atoms with Gasteiger partial charge in [-0.3, -0.25) is 9.69 Å². The van der Waals surface area contributed by atoms with Crippen molar-refractivity contribution < 1.29 is 14.6 Å². The van der Waals surface area contributed by atoms with Crippen LogP contribution in [0.4, 0.5) is 0 Å². The summed E-state index contributed by atoms with van der Waals surface area (Å²) in [5.74, 6) is 0.863. The van der Waals surface area contributed by atoms with Crippen LogP contribution in [0.1, 0.15) is 24.5 Å². The minimum Gasteiger partial charge on any atom is -0.494 e. The molecule has 2 N–H and O–H groups in total. The van der Waals surface area contributed by atoms with E-state index in [0.717, 1.165) is 36.5 Å². The molecule has 0 atom stereocenters. The molecule has 1 aromatic carbocycles. The molecule has 0 spiro atoms. The average Bonchev–Trinajstić information content (AvgIpc) is 2.66. The van der Waals surface area contributed by atoms with Crippen LogP contribution in [0.2, 0.25) is 0 Å². The Labute approximate surface area is 119 Å². The third-order valence-corrected chi connectivity index (χ3v) is 3.41. The van der Waals surface area contributed by atoms with E-state index in [-0.39, 0.29) is 12.5 Å². The summed E-state index contributed by atoms with van der Waals surface area (Å²) in [7, 11) is 0. The van der Waals surface area contributed by atoms with Gasteiger partial charge in [-0.2, -0.15) is 0 Å². The first-order valence-electron chi connectivity index (χ1n) is 7.07. The number of ether oxygens (including phenoxy) is 1. The standard InChI is InChI=1S/C15H22N2O3/c1-2-20-14-4-3-12(9-13(14)11-18)10-17-7-5-15(19)16-6-8-17/h3-4,9,18H,2,5-8,10-11H2,1H3,(H,16,19). The monoisotopic (exact) mass is 278 g/mol. The van der Waals surface area contributed by atoms with E-state index in [4.69, 9.17) is 4.74 Å². The van der Waals surface area contributed by atoms with E-state index in [1.807, 2.05) is 25.1 Å². The quantitative estimate of drug-likeness (QED) is 0.840. The van der Waals surface area contributed by atoms with Crippen LogP contribution in [-0.2, 0) is 17.9 Å². The molecule has 110 valence electrons. The molecule has 1 aliphatic heterocycles. The lowest BCUT2D eigenvalue weighted by Gasteiger charge is -2.20. The van der Waals surface area contributed by atoms with Crippen molar-refractivity contribution in [3.8, 4) is 5.75 Å². The van der Waals surface area contributed by atoms with Gasteiger partial charge >= 0.3 is 0 Å². The Morgan fingerprint density at radius 2 is 2.25 bits per heavy atom. The van der Waals surface area contributed by atoms with Gasteiger partial charge in [0.1, 0.15) is 5.75 Å². The summed E-state index contributed by atoms with van der Waals surface area (Å²) < 4.78 is 5.48. The van der Waals surface area contributed by atoms with E-state index in [2.05, 4.69) is 10.2 Å². The molecular weight excluding hydrogens is 256 g/mol. The van der Waals surface area contributed by atoms with Gasteiger partial charge in [0.25, 0.3) is 0 Å². The molecule has 5 nitrogen and oxygen atoms in total. The van der Waals surface area contributed by atoms with Crippen LogP contribution in [0.3, 0.4) is 0 Å². The zero-order valence-electron chi connectivity index (χ0n) is 11.9. The van der Waals surface area contributed by atoms with Crippen LogP contribution >= 0.6 is 0 Å². The van der Waals surface area contributed by atoms with Crippen molar-refractivity contribution in [1.82, 2.24) is 10.2 Å². The second-order valence-corrected chi connectivity index (χ2v) is 4.91. The number of carbonyl (C=O) groups is 1. The molecule has 0 saturated carbocycles. The number of aliphatic hydroxyl groups excluding tert-OH is 1. The largest absolute Gasteiger partial charge is 0.494 e. The molecule has 1 heterocycles. The van der Waals surface area contributed by atoms with Crippen LogP contribution in [0.15, 0.2) is 18.2 Å². The SMILES string of the molecule is CCOc1ccc(CN2CCNC(=O)CC2)cc1CO. The van der Waals surface area contributed by atoms with Crippen LogP contribution in [0.5, 0.6) is 5.75 Å². The van der Waals surface area contributed by atoms with E-state index >= 15 is 0 Å². The van der Waals surface area contributed by atoms with E-state index in [0.29, 0.717) is 19.6 Å². The van der Waals surface area contributed by atoms with Gasteiger partial charge in [0.15, 0.2) is 0 Å². The van der Waals surface area contributed by atoms with E-state index in [1.54, 1.807) is 0 Å². The van der Waals surface area contributed by atoms with Crippen molar-refractivity contribution in [2.45, 2.75) is 26.5 Å². The molecule has 1 fully saturated rings. The fourth-order valence-corrected chi connectivity index (χ4v) is 2.38. The second-order valence-electron chi connectivity index (χ2n) is 4.91. The van der Waals surface area contributed by atoms with E-state index < -0.39 is 0 Å².